The Morgan fingerprint density at radius 2 is 1.90 bits per heavy atom. The molecule has 1 aliphatic carbocycles. The van der Waals surface area contributed by atoms with Gasteiger partial charge < -0.3 is 14.0 Å². The van der Waals surface area contributed by atoms with Gasteiger partial charge in [0, 0.05) is 13.1 Å². The summed E-state index contributed by atoms with van der Waals surface area (Å²) in [5.41, 5.74) is 2.88. The number of hydrogen-bond acceptors (Lipinski definition) is 5. The number of aromatic nitrogens is 3. The monoisotopic (exact) mass is 422 g/mol. The predicted molar refractivity (Wildman–Crippen MR) is 117 cm³/mol. The highest BCUT2D eigenvalue weighted by molar-refractivity contribution is 7.71. The maximum absolute atomic E-state index is 6.15. The summed E-state index contributed by atoms with van der Waals surface area (Å²) in [6.45, 7) is 1.05. The van der Waals surface area contributed by atoms with Crippen LogP contribution in [0.5, 0.6) is 11.5 Å². The van der Waals surface area contributed by atoms with E-state index in [9.17, 15) is 0 Å². The smallest absolute Gasteiger partial charge is 0.198 e. The zero-order valence-electron chi connectivity index (χ0n) is 17.3. The van der Waals surface area contributed by atoms with Crippen LogP contribution in [0.25, 0.3) is 0 Å². The molecule has 0 radical (unpaired) electrons. The molecule has 0 spiro atoms. The van der Waals surface area contributed by atoms with Crippen molar-refractivity contribution in [2.45, 2.75) is 38.1 Å². The van der Waals surface area contributed by atoms with Gasteiger partial charge in [-0.05, 0) is 61.8 Å². The van der Waals surface area contributed by atoms with Gasteiger partial charge in [-0.2, -0.15) is 5.10 Å². The summed E-state index contributed by atoms with van der Waals surface area (Å²) >= 11 is 5.70. The lowest BCUT2D eigenvalue weighted by atomic mass is 9.87. The molecule has 3 aromatic rings. The normalized spacial score (nSPS) is 20.2. The largest absolute Gasteiger partial charge is 0.485 e. The van der Waals surface area contributed by atoms with Gasteiger partial charge in [-0.15, -0.1) is 0 Å². The van der Waals surface area contributed by atoms with Crippen molar-refractivity contribution < 1.29 is 9.47 Å². The Hall–Kier alpha value is -2.64. The molecular weight excluding hydrogens is 396 g/mol. The van der Waals surface area contributed by atoms with Crippen molar-refractivity contribution in [1.82, 2.24) is 19.2 Å². The van der Waals surface area contributed by atoms with E-state index < -0.39 is 0 Å². The van der Waals surface area contributed by atoms with E-state index in [0.29, 0.717) is 24.1 Å². The molecular formula is C23H26N4O2S. The molecule has 2 aliphatic rings. The summed E-state index contributed by atoms with van der Waals surface area (Å²) in [6, 6.07) is 16.9. The van der Waals surface area contributed by atoms with Crippen molar-refractivity contribution in [2.75, 3.05) is 13.7 Å². The fourth-order valence-electron chi connectivity index (χ4n) is 4.52. The van der Waals surface area contributed by atoms with Crippen molar-refractivity contribution in [3.8, 4) is 11.5 Å². The molecule has 0 bridgehead atoms. The van der Waals surface area contributed by atoms with Crippen molar-refractivity contribution in [3.63, 3.8) is 0 Å². The summed E-state index contributed by atoms with van der Waals surface area (Å²) in [6.07, 6.45) is 3.23. The average Bonchev–Trinajstić information content (AvgIpc) is 3.06. The first-order valence-corrected chi connectivity index (χ1v) is 10.8. The fourth-order valence-corrected chi connectivity index (χ4v) is 4.71. The first-order valence-electron chi connectivity index (χ1n) is 10.4. The van der Waals surface area contributed by atoms with Gasteiger partial charge in [0.05, 0.1) is 6.67 Å². The van der Waals surface area contributed by atoms with E-state index in [1.807, 2.05) is 40.6 Å². The van der Waals surface area contributed by atoms with E-state index in [1.54, 1.807) is 0 Å². The highest BCUT2D eigenvalue weighted by Crippen LogP contribution is 2.36. The standard InChI is InChI=1S/C23H26N4O2S/c1-25(18-11-7-9-16-8-3-4-10-17(16)18)15-27-23(30)26(2)22(24-27)21-14-28-19-12-5-6-13-20(19)29-21/h3-6,8,10,12-13,18,21H,7,9,11,14-15H2,1-2H3/t18-,21+/m0/s1. The van der Waals surface area contributed by atoms with Crippen LogP contribution in [0.1, 0.15) is 41.9 Å². The minimum absolute atomic E-state index is 0.284. The Morgan fingerprint density at radius 3 is 2.77 bits per heavy atom. The molecule has 0 fully saturated rings. The Kier molecular flexibility index (Phi) is 5.08. The van der Waals surface area contributed by atoms with Crippen LogP contribution in [0, 0.1) is 4.77 Å². The Labute approximate surface area is 181 Å². The lowest BCUT2D eigenvalue weighted by molar-refractivity contribution is 0.0818. The minimum Gasteiger partial charge on any atom is -0.485 e. The molecule has 0 N–H and O–H groups in total. The third-order valence-electron chi connectivity index (χ3n) is 6.10. The number of rotatable bonds is 4. The second-order valence-electron chi connectivity index (χ2n) is 8.07. The third kappa shape index (κ3) is 3.42. The van der Waals surface area contributed by atoms with E-state index in [1.165, 1.54) is 17.5 Å². The van der Waals surface area contributed by atoms with Crippen LogP contribution in [0.15, 0.2) is 48.5 Å². The van der Waals surface area contributed by atoms with Crippen LogP contribution >= 0.6 is 12.2 Å². The van der Waals surface area contributed by atoms with Crippen LogP contribution in [0.4, 0.5) is 0 Å². The molecule has 156 valence electrons. The average molecular weight is 423 g/mol. The van der Waals surface area contributed by atoms with E-state index in [4.69, 9.17) is 26.8 Å². The van der Waals surface area contributed by atoms with Gasteiger partial charge >= 0.3 is 0 Å². The van der Waals surface area contributed by atoms with Crippen molar-refractivity contribution in [1.29, 1.82) is 0 Å². The highest BCUT2D eigenvalue weighted by Gasteiger charge is 2.28. The second kappa shape index (κ2) is 7.89. The minimum atomic E-state index is -0.284. The second-order valence-corrected chi connectivity index (χ2v) is 8.43. The molecule has 0 saturated heterocycles. The Morgan fingerprint density at radius 1 is 1.13 bits per heavy atom. The van der Waals surface area contributed by atoms with Crippen LogP contribution in [-0.4, -0.2) is 32.9 Å². The van der Waals surface area contributed by atoms with Crippen LogP contribution in [0.2, 0.25) is 0 Å². The van der Waals surface area contributed by atoms with E-state index in [-0.39, 0.29) is 6.10 Å². The molecule has 7 heteroatoms. The fraction of sp³-hybridized carbons (Fsp3) is 0.391. The van der Waals surface area contributed by atoms with Gasteiger partial charge in [0.15, 0.2) is 28.2 Å². The summed E-state index contributed by atoms with van der Waals surface area (Å²) in [7, 11) is 4.10. The molecule has 2 atom stereocenters. The summed E-state index contributed by atoms with van der Waals surface area (Å²) in [5.74, 6) is 2.29. The number of para-hydroxylation sites is 2. The predicted octanol–water partition coefficient (Wildman–Crippen LogP) is 4.43. The molecule has 2 aromatic carbocycles. The number of aryl methyl sites for hydroxylation is 1. The number of ether oxygens (including phenoxy) is 2. The first-order chi connectivity index (χ1) is 14.6. The quantitative estimate of drug-likeness (QED) is 0.582. The van der Waals surface area contributed by atoms with Gasteiger partial charge in [0.2, 0.25) is 0 Å². The maximum Gasteiger partial charge on any atom is 0.198 e. The summed E-state index contributed by atoms with van der Waals surface area (Å²) in [5, 5.41) is 4.83. The van der Waals surface area contributed by atoms with Gasteiger partial charge in [-0.1, -0.05) is 36.4 Å². The molecule has 6 nitrogen and oxygen atoms in total. The Balaban J connectivity index is 1.38. The molecule has 2 heterocycles. The van der Waals surface area contributed by atoms with E-state index in [0.717, 1.165) is 30.2 Å². The Bertz CT molecular complexity index is 1120. The summed E-state index contributed by atoms with van der Waals surface area (Å²) < 4.78 is 16.5. The lowest BCUT2D eigenvalue weighted by Gasteiger charge is -2.33. The first kappa shape index (κ1) is 19.3. The molecule has 30 heavy (non-hydrogen) atoms. The number of fused-ring (bicyclic) bond motifs is 2. The van der Waals surface area contributed by atoms with Crippen molar-refractivity contribution in [3.05, 3.63) is 70.3 Å². The number of benzene rings is 2. The topological polar surface area (TPSA) is 44.5 Å². The molecule has 0 amide bonds. The van der Waals surface area contributed by atoms with Gasteiger partial charge in [0.1, 0.15) is 6.61 Å². The SMILES string of the molecule is CN(Cn1nc([C@H]2COc3ccccc3O2)n(C)c1=S)[C@H]1CCCc2ccccc21. The van der Waals surface area contributed by atoms with Gasteiger partial charge in [0.25, 0.3) is 0 Å². The van der Waals surface area contributed by atoms with Crippen molar-refractivity contribution in [2.24, 2.45) is 7.05 Å². The third-order valence-corrected chi connectivity index (χ3v) is 6.58. The number of nitrogens with zero attached hydrogens (tertiary/aromatic N) is 4. The van der Waals surface area contributed by atoms with E-state index >= 15 is 0 Å². The zero-order valence-corrected chi connectivity index (χ0v) is 18.1. The summed E-state index contributed by atoms with van der Waals surface area (Å²) in [4.78, 5) is 2.35. The highest BCUT2D eigenvalue weighted by atomic mass is 32.1. The number of hydrogen-bond donors (Lipinski definition) is 0. The molecule has 5 rings (SSSR count). The van der Waals surface area contributed by atoms with Crippen LogP contribution < -0.4 is 9.47 Å². The van der Waals surface area contributed by atoms with Gasteiger partial charge in [-0.25, -0.2) is 4.68 Å². The van der Waals surface area contributed by atoms with Crippen LogP contribution in [-0.2, 0) is 20.1 Å². The zero-order chi connectivity index (χ0) is 20.7. The lowest BCUT2D eigenvalue weighted by Crippen LogP contribution is -2.30. The molecule has 0 saturated carbocycles. The van der Waals surface area contributed by atoms with E-state index in [2.05, 4.69) is 36.2 Å². The molecule has 0 unspecified atom stereocenters. The molecule has 1 aliphatic heterocycles. The molecule has 1 aromatic heterocycles. The van der Waals surface area contributed by atoms with Gasteiger partial charge in [-0.3, -0.25) is 4.90 Å². The van der Waals surface area contributed by atoms with Crippen LogP contribution in [0.3, 0.4) is 0 Å². The maximum atomic E-state index is 6.15. The van der Waals surface area contributed by atoms with Crippen molar-refractivity contribution >= 4 is 12.2 Å².